The van der Waals surface area contributed by atoms with Crippen LogP contribution in [0.5, 0.6) is 0 Å². The standard InChI is InChI=1S/C19H17Cl2NO/c1-3-11(2)12-4-7-18-15(8-12)16(10-23)19(22-18)14-6-5-13(20)9-17(14)21/h4-11,22H,3H2,1-2H3. The van der Waals surface area contributed by atoms with E-state index in [-0.39, 0.29) is 0 Å². The third kappa shape index (κ3) is 2.89. The monoisotopic (exact) mass is 345 g/mol. The van der Waals surface area contributed by atoms with Crippen LogP contribution in [0.1, 0.15) is 42.1 Å². The van der Waals surface area contributed by atoms with Crippen molar-refractivity contribution in [3.05, 3.63) is 57.6 Å². The molecule has 0 saturated heterocycles. The van der Waals surface area contributed by atoms with Crippen molar-refractivity contribution in [1.82, 2.24) is 4.98 Å². The Balaban J connectivity index is 2.24. The number of hydrogen-bond donors (Lipinski definition) is 1. The van der Waals surface area contributed by atoms with Gasteiger partial charge in [-0.2, -0.15) is 0 Å². The second kappa shape index (κ2) is 6.38. The van der Waals surface area contributed by atoms with Gasteiger partial charge in [0.2, 0.25) is 0 Å². The molecular weight excluding hydrogens is 329 g/mol. The summed E-state index contributed by atoms with van der Waals surface area (Å²) in [5.41, 5.74) is 4.31. The van der Waals surface area contributed by atoms with Crippen molar-refractivity contribution in [2.45, 2.75) is 26.2 Å². The molecule has 0 radical (unpaired) electrons. The maximum atomic E-state index is 11.7. The van der Waals surface area contributed by atoms with E-state index in [9.17, 15) is 4.79 Å². The number of aromatic nitrogens is 1. The highest BCUT2D eigenvalue weighted by Gasteiger charge is 2.16. The van der Waals surface area contributed by atoms with Crippen LogP contribution in [0.25, 0.3) is 22.2 Å². The Hall–Kier alpha value is -1.77. The highest BCUT2D eigenvalue weighted by Crippen LogP contribution is 2.36. The Morgan fingerprint density at radius 2 is 1.96 bits per heavy atom. The van der Waals surface area contributed by atoms with E-state index in [1.165, 1.54) is 5.56 Å². The molecule has 4 heteroatoms. The fourth-order valence-corrected chi connectivity index (χ4v) is 3.30. The zero-order valence-corrected chi connectivity index (χ0v) is 14.5. The maximum absolute atomic E-state index is 11.7. The van der Waals surface area contributed by atoms with Gasteiger partial charge in [-0.05, 0) is 48.2 Å². The molecule has 1 unspecified atom stereocenters. The Morgan fingerprint density at radius 1 is 1.17 bits per heavy atom. The maximum Gasteiger partial charge on any atom is 0.152 e. The summed E-state index contributed by atoms with van der Waals surface area (Å²) in [6.07, 6.45) is 1.95. The van der Waals surface area contributed by atoms with E-state index in [4.69, 9.17) is 23.2 Å². The molecule has 0 spiro atoms. The van der Waals surface area contributed by atoms with Crippen LogP contribution >= 0.6 is 23.2 Å². The Morgan fingerprint density at radius 3 is 2.61 bits per heavy atom. The molecule has 1 aromatic heterocycles. The molecule has 0 amide bonds. The molecule has 1 heterocycles. The van der Waals surface area contributed by atoms with Crippen molar-refractivity contribution in [2.75, 3.05) is 0 Å². The molecule has 2 nitrogen and oxygen atoms in total. The minimum Gasteiger partial charge on any atom is -0.354 e. The van der Waals surface area contributed by atoms with E-state index in [2.05, 4.69) is 31.0 Å². The number of fused-ring (bicyclic) bond motifs is 1. The molecule has 23 heavy (non-hydrogen) atoms. The van der Waals surface area contributed by atoms with E-state index < -0.39 is 0 Å². The summed E-state index contributed by atoms with van der Waals surface area (Å²) in [5, 5.41) is 2.02. The van der Waals surface area contributed by atoms with Crippen molar-refractivity contribution in [1.29, 1.82) is 0 Å². The van der Waals surface area contributed by atoms with E-state index in [0.29, 0.717) is 21.5 Å². The predicted octanol–water partition coefficient (Wildman–Crippen LogP) is 6.47. The lowest BCUT2D eigenvalue weighted by Crippen LogP contribution is -1.91. The fourth-order valence-electron chi connectivity index (χ4n) is 2.80. The first kappa shape index (κ1) is 16.1. The number of aromatic amines is 1. The van der Waals surface area contributed by atoms with Gasteiger partial charge in [0, 0.05) is 27.1 Å². The van der Waals surface area contributed by atoms with Gasteiger partial charge in [-0.3, -0.25) is 4.79 Å². The minimum absolute atomic E-state index is 0.455. The highest BCUT2D eigenvalue weighted by atomic mass is 35.5. The zero-order valence-electron chi connectivity index (χ0n) is 13.0. The van der Waals surface area contributed by atoms with Crippen LogP contribution in [-0.2, 0) is 0 Å². The largest absolute Gasteiger partial charge is 0.354 e. The lowest BCUT2D eigenvalue weighted by atomic mass is 9.96. The predicted molar refractivity (Wildman–Crippen MR) is 97.8 cm³/mol. The summed E-state index contributed by atoms with van der Waals surface area (Å²) in [7, 11) is 0. The van der Waals surface area contributed by atoms with Gasteiger partial charge in [0.15, 0.2) is 6.29 Å². The van der Waals surface area contributed by atoms with Crippen molar-refractivity contribution in [3.63, 3.8) is 0 Å². The molecular formula is C19H17Cl2NO. The SMILES string of the molecule is CCC(C)c1ccc2[nH]c(-c3ccc(Cl)cc3Cl)c(C=O)c2c1. The number of aldehydes is 1. The summed E-state index contributed by atoms with van der Waals surface area (Å²) in [6.45, 7) is 4.34. The number of hydrogen-bond acceptors (Lipinski definition) is 1. The molecule has 0 fully saturated rings. The summed E-state index contributed by atoms with van der Waals surface area (Å²) in [6, 6.07) is 11.5. The van der Waals surface area contributed by atoms with Crippen LogP contribution < -0.4 is 0 Å². The Kier molecular flexibility index (Phi) is 4.47. The highest BCUT2D eigenvalue weighted by molar-refractivity contribution is 6.36. The third-order valence-corrected chi connectivity index (χ3v) is 4.91. The second-order valence-electron chi connectivity index (χ2n) is 5.77. The van der Waals surface area contributed by atoms with Crippen LogP contribution in [-0.4, -0.2) is 11.3 Å². The molecule has 0 aliphatic rings. The first-order valence-corrected chi connectivity index (χ1v) is 8.37. The topological polar surface area (TPSA) is 32.9 Å². The number of nitrogens with one attached hydrogen (secondary N) is 1. The molecule has 2 aromatic carbocycles. The van der Waals surface area contributed by atoms with Gasteiger partial charge in [0.25, 0.3) is 0 Å². The molecule has 1 N–H and O–H groups in total. The Labute approximate surface area is 145 Å². The summed E-state index contributed by atoms with van der Waals surface area (Å²) < 4.78 is 0. The van der Waals surface area contributed by atoms with Gasteiger partial charge < -0.3 is 4.98 Å². The van der Waals surface area contributed by atoms with Gasteiger partial charge in [-0.25, -0.2) is 0 Å². The molecule has 0 aliphatic heterocycles. The van der Waals surface area contributed by atoms with Crippen LogP contribution in [0.3, 0.4) is 0 Å². The van der Waals surface area contributed by atoms with Crippen molar-refractivity contribution in [3.8, 4) is 11.3 Å². The van der Waals surface area contributed by atoms with Crippen LogP contribution in [0.2, 0.25) is 10.0 Å². The summed E-state index contributed by atoms with van der Waals surface area (Å²) in [4.78, 5) is 15.0. The molecule has 0 bridgehead atoms. The van der Waals surface area contributed by atoms with Crippen LogP contribution in [0.15, 0.2) is 36.4 Å². The van der Waals surface area contributed by atoms with Gasteiger partial charge in [-0.15, -0.1) is 0 Å². The minimum atomic E-state index is 0.455. The third-order valence-electron chi connectivity index (χ3n) is 4.36. The first-order valence-electron chi connectivity index (χ1n) is 7.61. The van der Waals surface area contributed by atoms with E-state index >= 15 is 0 Å². The lowest BCUT2D eigenvalue weighted by molar-refractivity contribution is 0.112. The molecule has 0 aliphatic carbocycles. The Bertz CT molecular complexity index is 882. The molecule has 3 aromatic rings. The van der Waals surface area contributed by atoms with E-state index in [1.54, 1.807) is 12.1 Å². The number of carbonyl (C=O) groups excluding carboxylic acids is 1. The second-order valence-corrected chi connectivity index (χ2v) is 6.61. The first-order chi connectivity index (χ1) is 11.0. The van der Waals surface area contributed by atoms with E-state index in [0.717, 1.165) is 34.9 Å². The van der Waals surface area contributed by atoms with Gasteiger partial charge in [0.1, 0.15) is 0 Å². The van der Waals surface area contributed by atoms with Crippen LogP contribution in [0, 0.1) is 0 Å². The van der Waals surface area contributed by atoms with Crippen molar-refractivity contribution < 1.29 is 4.79 Å². The van der Waals surface area contributed by atoms with E-state index in [1.807, 2.05) is 12.1 Å². The number of halogens is 2. The fraction of sp³-hybridized carbons (Fsp3) is 0.211. The smallest absolute Gasteiger partial charge is 0.152 e. The molecule has 118 valence electrons. The van der Waals surface area contributed by atoms with Gasteiger partial charge in [-0.1, -0.05) is 43.1 Å². The van der Waals surface area contributed by atoms with Crippen molar-refractivity contribution >= 4 is 40.4 Å². The summed E-state index contributed by atoms with van der Waals surface area (Å²) >= 11 is 12.3. The van der Waals surface area contributed by atoms with Gasteiger partial charge >= 0.3 is 0 Å². The van der Waals surface area contributed by atoms with Gasteiger partial charge in [0.05, 0.1) is 10.7 Å². The average molecular weight is 346 g/mol. The van der Waals surface area contributed by atoms with Crippen LogP contribution in [0.4, 0.5) is 0 Å². The average Bonchev–Trinajstić information content (AvgIpc) is 2.91. The lowest BCUT2D eigenvalue weighted by Gasteiger charge is -2.08. The molecule has 3 rings (SSSR count). The summed E-state index contributed by atoms with van der Waals surface area (Å²) in [5.74, 6) is 0.455. The van der Waals surface area contributed by atoms with Crippen molar-refractivity contribution in [2.24, 2.45) is 0 Å². The number of rotatable bonds is 4. The normalized spacial score (nSPS) is 12.5. The molecule has 0 saturated carbocycles. The number of benzene rings is 2. The zero-order chi connectivity index (χ0) is 16.6. The quantitative estimate of drug-likeness (QED) is 0.540. The molecule has 1 atom stereocenters. The number of H-pyrrole nitrogens is 1. The number of carbonyl (C=O) groups is 1.